The van der Waals surface area contributed by atoms with Gasteiger partial charge in [-0.25, -0.2) is 13.2 Å². The second-order valence-electron chi connectivity index (χ2n) is 8.30. The first-order chi connectivity index (χ1) is 16.8. The van der Waals surface area contributed by atoms with E-state index in [1.807, 2.05) is 18.2 Å². The Kier molecular flexibility index (Phi) is 5.40. The van der Waals surface area contributed by atoms with E-state index in [1.165, 1.54) is 25.1 Å². The van der Waals surface area contributed by atoms with Gasteiger partial charge in [-0.1, -0.05) is 42.5 Å². The summed E-state index contributed by atoms with van der Waals surface area (Å²) in [6.45, 7) is 1.51. The SMILES string of the molecule is Cc1cc(/C(O)=C2/C(=O)C(=O)N(c3ccc(F)c(F)c3)C2c2cccc3ccccc23)ccc1F. The first kappa shape index (κ1) is 22.4. The number of ketones is 1. The molecule has 35 heavy (non-hydrogen) atoms. The fraction of sp³-hybridized carbons (Fsp3) is 0.0714. The van der Waals surface area contributed by atoms with Crippen LogP contribution in [0.4, 0.5) is 18.9 Å². The Morgan fingerprint density at radius 3 is 2.29 bits per heavy atom. The van der Waals surface area contributed by atoms with Crippen molar-refractivity contribution < 1.29 is 27.9 Å². The van der Waals surface area contributed by atoms with Crippen molar-refractivity contribution in [2.24, 2.45) is 0 Å². The number of halogens is 3. The van der Waals surface area contributed by atoms with Gasteiger partial charge >= 0.3 is 0 Å². The van der Waals surface area contributed by atoms with Crippen LogP contribution in [0.15, 0.2) is 84.4 Å². The van der Waals surface area contributed by atoms with Gasteiger partial charge in [0, 0.05) is 17.3 Å². The zero-order chi connectivity index (χ0) is 24.9. The van der Waals surface area contributed by atoms with Crippen LogP contribution < -0.4 is 4.90 Å². The number of fused-ring (bicyclic) bond motifs is 1. The van der Waals surface area contributed by atoms with E-state index >= 15 is 0 Å². The van der Waals surface area contributed by atoms with Gasteiger partial charge in [-0.05, 0) is 59.2 Å². The molecule has 0 spiro atoms. The lowest BCUT2D eigenvalue weighted by Crippen LogP contribution is -2.29. The number of carbonyl (C=O) groups excluding carboxylic acids is 2. The summed E-state index contributed by atoms with van der Waals surface area (Å²) in [5, 5.41) is 12.7. The third kappa shape index (κ3) is 3.65. The van der Waals surface area contributed by atoms with Gasteiger partial charge in [-0.15, -0.1) is 0 Å². The van der Waals surface area contributed by atoms with Crippen molar-refractivity contribution in [1.82, 2.24) is 0 Å². The Morgan fingerprint density at radius 2 is 1.54 bits per heavy atom. The maximum Gasteiger partial charge on any atom is 0.300 e. The first-order valence-corrected chi connectivity index (χ1v) is 10.8. The number of aryl methyl sites for hydroxylation is 1. The number of aliphatic hydroxyl groups is 1. The maximum absolute atomic E-state index is 14.1. The topological polar surface area (TPSA) is 57.6 Å². The van der Waals surface area contributed by atoms with Crippen molar-refractivity contribution in [3.63, 3.8) is 0 Å². The minimum Gasteiger partial charge on any atom is -0.507 e. The second-order valence-corrected chi connectivity index (χ2v) is 8.30. The zero-order valence-electron chi connectivity index (χ0n) is 18.4. The number of nitrogens with zero attached hydrogens (tertiary/aromatic N) is 1. The number of amides is 1. The number of aliphatic hydroxyl groups excluding tert-OH is 1. The predicted molar refractivity (Wildman–Crippen MR) is 126 cm³/mol. The van der Waals surface area contributed by atoms with Crippen molar-refractivity contribution in [3.8, 4) is 0 Å². The molecule has 1 heterocycles. The molecule has 0 radical (unpaired) electrons. The molecule has 1 atom stereocenters. The Balaban J connectivity index is 1.81. The molecule has 1 fully saturated rings. The molecule has 1 saturated heterocycles. The first-order valence-electron chi connectivity index (χ1n) is 10.8. The normalized spacial score (nSPS) is 17.4. The highest BCUT2D eigenvalue weighted by Crippen LogP contribution is 2.44. The molecule has 4 nitrogen and oxygen atoms in total. The summed E-state index contributed by atoms with van der Waals surface area (Å²) >= 11 is 0. The lowest BCUT2D eigenvalue weighted by atomic mass is 9.91. The molecule has 1 aliphatic rings. The summed E-state index contributed by atoms with van der Waals surface area (Å²) in [6.07, 6.45) is 0. The molecule has 174 valence electrons. The van der Waals surface area contributed by atoms with Gasteiger partial charge in [-0.3, -0.25) is 14.5 Å². The van der Waals surface area contributed by atoms with Gasteiger partial charge in [0.15, 0.2) is 11.6 Å². The molecule has 0 aromatic heterocycles. The highest BCUT2D eigenvalue weighted by atomic mass is 19.2. The average Bonchev–Trinajstić information content (AvgIpc) is 3.12. The summed E-state index contributed by atoms with van der Waals surface area (Å²) in [5.74, 6) is -5.27. The van der Waals surface area contributed by atoms with Gasteiger partial charge in [0.05, 0.1) is 11.6 Å². The van der Waals surface area contributed by atoms with E-state index in [0.29, 0.717) is 10.9 Å². The smallest absolute Gasteiger partial charge is 0.300 e. The monoisotopic (exact) mass is 473 g/mol. The molecule has 1 N–H and O–H groups in total. The van der Waals surface area contributed by atoms with Crippen molar-refractivity contribution in [2.45, 2.75) is 13.0 Å². The molecule has 7 heteroatoms. The minimum atomic E-state index is -1.18. The summed E-state index contributed by atoms with van der Waals surface area (Å²) < 4.78 is 41.7. The lowest BCUT2D eigenvalue weighted by molar-refractivity contribution is -0.132. The standard InChI is InChI=1S/C28H18F3NO3/c1-15-13-17(9-11-21(15)29)26(33)24-25(20-8-4-6-16-5-2-3-7-19(16)20)32(28(35)27(24)34)18-10-12-22(30)23(31)14-18/h2-14,25,33H,1H3/b26-24-. The minimum absolute atomic E-state index is 0.0433. The van der Waals surface area contributed by atoms with E-state index < -0.39 is 40.9 Å². The van der Waals surface area contributed by atoms with Gasteiger partial charge in [-0.2, -0.15) is 0 Å². The highest BCUT2D eigenvalue weighted by molar-refractivity contribution is 6.51. The van der Waals surface area contributed by atoms with Crippen LogP contribution in [-0.2, 0) is 9.59 Å². The van der Waals surface area contributed by atoms with Crippen molar-refractivity contribution >= 4 is 33.9 Å². The molecule has 4 aromatic carbocycles. The predicted octanol–water partition coefficient (Wildman–Crippen LogP) is 6.19. The lowest BCUT2D eigenvalue weighted by Gasteiger charge is -2.26. The molecule has 0 aliphatic carbocycles. The average molecular weight is 473 g/mol. The quantitative estimate of drug-likeness (QED) is 0.219. The molecule has 4 aromatic rings. The van der Waals surface area contributed by atoms with Crippen LogP contribution in [0.1, 0.15) is 22.7 Å². The third-order valence-corrected chi connectivity index (χ3v) is 6.18. The van der Waals surface area contributed by atoms with E-state index in [4.69, 9.17) is 0 Å². The second kappa shape index (κ2) is 8.43. The molecule has 0 bridgehead atoms. The summed E-state index contributed by atoms with van der Waals surface area (Å²) in [7, 11) is 0. The molecule has 1 aliphatic heterocycles. The van der Waals surface area contributed by atoms with E-state index in [0.717, 1.165) is 28.5 Å². The van der Waals surface area contributed by atoms with E-state index in [1.54, 1.807) is 24.3 Å². The van der Waals surface area contributed by atoms with Gasteiger partial charge in [0.1, 0.15) is 11.6 Å². The van der Waals surface area contributed by atoms with Crippen LogP contribution in [0.25, 0.3) is 16.5 Å². The van der Waals surface area contributed by atoms with Crippen LogP contribution in [0, 0.1) is 24.4 Å². The van der Waals surface area contributed by atoms with Crippen LogP contribution in [0.3, 0.4) is 0 Å². The van der Waals surface area contributed by atoms with E-state index in [9.17, 15) is 27.9 Å². The molecule has 5 rings (SSSR count). The fourth-order valence-electron chi connectivity index (χ4n) is 4.46. The van der Waals surface area contributed by atoms with E-state index in [-0.39, 0.29) is 22.4 Å². The number of rotatable bonds is 3. The number of hydrogen-bond donors (Lipinski definition) is 1. The van der Waals surface area contributed by atoms with Crippen molar-refractivity contribution in [1.29, 1.82) is 0 Å². The molecule has 1 unspecified atom stereocenters. The Bertz CT molecular complexity index is 1560. The number of Topliss-reactive ketones (excluding diaryl/α,β-unsaturated/α-hetero) is 1. The largest absolute Gasteiger partial charge is 0.507 e. The number of anilines is 1. The van der Waals surface area contributed by atoms with Crippen molar-refractivity contribution in [2.75, 3.05) is 4.90 Å². The van der Waals surface area contributed by atoms with Crippen LogP contribution in [0.5, 0.6) is 0 Å². The van der Waals surface area contributed by atoms with Gasteiger partial charge < -0.3 is 5.11 Å². The van der Waals surface area contributed by atoms with Crippen LogP contribution in [0.2, 0.25) is 0 Å². The Morgan fingerprint density at radius 1 is 0.829 bits per heavy atom. The van der Waals surface area contributed by atoms with Crippen LogP contribution in [-0.4, -0.2) is 16.8 Å². The molecular formula is C28H18F3NO3. The number of hydrogen-bond acceptors (Lipinski definition) is 3. The van der Waals surface area contributed by atoms with Gasteiger partial charge in [0.2, 0.25) is 0 Å². The fourth-order valence-corrected chi connectivity index (χ4v) is 4.46. The molecular weight excluding hydrogens is 455 g/mol. The zero-order valence-corrected chi connectivity index (χ0v) is 18.4. The molecule has 0 saturated carbocycles. The van der Waals surface area contributed by atoms with E-state index in [2.05, 4.69) is 0 Å². The summed E-state index contributed by atoms with van der Waals surface area (Å²) in [4.78, 5) is 27.6. The molecule has 1 amide bonds. The summed E-state index contributed by atoms with van der Waals surface area (Å²) in [5.41, 5.74) is 0.621. The summed E-state index contributed by atoms with van der Waals surface area (Å²) in [6, 6.07) is 18.2. The maximum atomic E-state index is 14.1. The Labute approximate surface area is 198 Å². The third-order valence-electron chi connectivity index (χ3n) is 6.18. The van der Waals surface area contributed by atoms with Crippen molar-refractivity contribution in [3.05, 3.63) is 119 Å². The van der Waals surface area contributed by atoms with Crippen LogP contribution >= 0.6 is 0 Å². The highest BCUT2D eigenvalue weighted by Gasteiger charge is 2.47. The van der Waals surface area contributed by atoms with Gasteiger partial charge in [0.25, 0.3) is 11.7 Å². The number of carbonyl (C=O) groups is 2. The Hall–Kier alpha value is -4.39. The number of benzene rings is 4.